The third kappa shape index (κ3) is 586. The van der Waals surface area contributed by atoms with Crippen molar-refractivity contribution in [2.75, 3.05) is 65.8 Å². The van der Waals surface area contributed by atoms with Gasteiger partial charge >= 0.3 is 0 Å². The van der Waals surface area contributed by atoms with E-state index in [2.05, 4.69) is 66.1 Å². The van der Waals surface area contributed by atoms with Crippen LogP contribution < -0.4 is 10.6 Å². The van der Waals surface area contributed by atoms with Crippen molar-refractivity contribution in [3.63, 3.8) is 0 Å². The van der Waals surface area contributed by atoms with Crippen LogP contribution >= 0.6 is 0 Å². The predicted molar refractivity (Wildman–Crippen MR) is 193 cm³/mol. The molecule has 262 valence electrons. The van der Waals surface area contributed by atoms with Gasteiger partial charge in [0.05, 0.1) is 20.5 Å². The summed E-state index contributed by atoms with van der Waals surface area (Å²) in [4.78, 5) is 0. The van der Waals surface area contributed by atoms with Gasteiger partial charge in [-0.2, -0.15) is 8.42 Å². The molecule has 10 nitrogen and oxygen atoms in total. The van der Waals surface area contributed by atoms with Gasteiger partial charge in [0.15, 0.2) is 11.1 Å². The summed E-state index contributed by atoms with van der Waals surface area (Å²) in [6.07, 6.45) is 10.4. The molecule has 2 N–H and O–H groups in total. The number of nitrogens with one attached hydrogen (secondary N) is 2. The number of allylic oxidation sites excluding steroid dienone is 4. The summed E-state index contributed by atoms with van der Waals surface area (Å²) in [5, 5.41) is 5.67. The Morgan fingerprint density at radius 2 is 0.810 bits per heavy atom. The molecule has 0 rings (SSSR count). The Bertz CT molecular complexity index is 786. The lowest BCUT2D eigenvalue weighted by Gasteiger charge is -1.87. The Kier molecular flexibility index (Phi) is 75.0. The molecule has 0 aliphatic rings. The van der Waals surface area contributed by atoms with Gasteiger partial charge in [-0.3, -0.25) is 12.6 Å². The first kappa shape index (κ1) is 63.8. The molecule has 0 fully saturated rings. The zero-order valence-electron chi connectivity index (χ0n) is 30.1. The topological polar surface area (TPSA) is 145 Å². The predicted octanol–water partition coefficient (Wildman–Crippen LogP) is 5.62. The quantitative estimate of drug-likeness (QED) is 0.276. The SMILES string of the molecule is C=C(C)C.C=C(C)CC.C=C(C)NC.C=C(C)NC.CCC.COS(C)(=O)=O.COS(C)=O.CS(C)(=O)=O.CS(C)=O. The third-order valence-corrected chi connectivity index (χ3v) is 3.07. The van der Waals surface area contributed by atoms with E-state index in [4.69, 9.17) is 0 Å². The van der Waals surface area contributed by atoms with E-state index in [9.17, 15) is 25.3 Å². The van der Waals surface area contributed by atoms with Crippen LogP contribution in [-0.2, 0) is 50.2 Å². The normalized spacial score (nSPS) is 9.21. The summed E-state index contributed by atoms with van der Waals surface area (Å²) in [6.45, 7) is 30.5. The lowest BCUT2D eigenvalue weighted by atomic mass is 10.3. The van der Waals surface area contributed by atoms with Gasteiger partial charge in [-0.05, 0) is 52.4 Å². The van der Waals surface area contributed by atoms with Crippen molar-refractivity contribution in [1.82, 2.24) is 10.6 Å². The largest absolute Gasteiger partial charge is 0.392 e. The summed E-state index contributed by atoms with van der Waals surface area (Å²) in [7, 11) is -0.221. The van der Waals surface area contributed by atoms with Crippen LogP contribution in [0.25, 0.3) is 0 Å². The summed E-state index contributed by atoms with van der Waals surface area (Å²) in [5.41, 5.74) is 4.43. The van der Waals surface area contributed by atoms with E-state index in [0.717, 1.165) is 43.7 Å². The molecule has 0 spiro atoms. The van der Waals surface area contributed by atoms with Crippen molar-refractivity contribution in [1.29, 1.82) is 0 Å². The van der Waals surface area contributed by atoms with Crippen molar-refractivity contribution in [2.24, 2.45) is 0 Å². The number of hydrogen-bond acceptors (Lipinski definition) is 10. The Labute approximate surface area is 268 Å². The molecule has 0 aromatic carbocycles. The van der Waals surface area contributed by atoms with Gasteiger partial charge in [0.25, 0.3) is 10.1 Å². The molecule has 0 saturated carbocycles. The molecule has 0 heterocycles. The van der Waals surface area contributed by atoms with Crippen LogP contribution in [0.5, 0.6) is 0 Å². The van der Waals surface area contributed by atoms with Gasteiger partial charge < -0.3 is 10.6 Å². The molecule has 0 saturated heterocycles. The molecule has 0 aliphatic carbocycles. The van der Waals surface area contributed by atoms with Gasteiger partial charge in [0, 0.05) is 56.2 Å². The second kappa shape index (κ2) is 49.4. The molecule has 0 aliphatic heterocycles. The minimum Gasteiger partial charge on any atom is -0.392 e. The van der Waals surface area contributed by atoms with E-state index in [0.29, 0.717) is 0 Å². The Morgan fingerprint density at radius 3 is 0.810 bits per heavy atom. The average molecular weight is 689 g/mol. The van der Waals surface area contributed by atoms with E-state index in [1.54, 1.807) is 12.5 Å². The zero-order chi connectivity index (χ0) is 36.7. The fourth-order valence-electron chi connectivity index (χ4n) is 0. The highest BCUT2D eigenvalue weighted by molar-refractivity contribution is 7.90. The first-order valence-electron chi connectivity index (χ1n) is 12.5. The maximum Gasteiger partial charge on any atom is 0.264 e. The van der Waals surface area contributed by atoms with E-state index in [1.165, 1.54) is 30.9 Å². The van der Waals surface area contributed by atoms with E-state index >= 15 is 0 Å². The summed E-state index contributed by atoms with van der Waals surface area (Å²) >= 11 is -1.07. The summed E-state index contributed by atoms with van der Waals surface area (Å²) in [5.74, 6) is 0. The molecule has 0 aromatic rings. The van der Waals surface area contributed by atoms with Crippen molar-refractivity contribution in [3.8, 4) is 0 Å². The highest BCUT2D eigenvalue weighted by Gasteiger charge is 1.90. The lowest BCUT2D eigenvalue weighted by molar-refractivity contribution is 0.403. The molecule has 0 radical (unpaired) electrons. The van der Waals surface area contributed by atoms with Gasteiger partial charge in [-0.15, -0.1) is 13.2 Å². The molecule has 42 heavy (non-hydrogen) atoms. The Balaban J connectivity index is -0.0000000419. The Morgan fingerprint density at radius 1 is 0.714 bits per heavy atom. The van der Waals surface area contributed by atoms with Gasteiger partial charge in [0.1, 0.15) is 9.84 Å². The first-order valence-corrected chi connectivity index (χ1v) is 20.1. The summed E-state index contributed by atoms with van der Waals surface area (Å²) < 4.78 is 66.2. The van der Waals surface area contributed by atoms with E-state index < -0.39 is 41.8 Å². The highest BCUT2D eigenvalue weighted by atomic mass is 32.2. The third-order valence-electron chi connectivity index (χ3n) is 1.99. The molecule has 0 bridgehead atoms. The second-order valence-corrected chi connectivity index (χ2v) is 15.3. The van der Waals surface area contributed by atoms with Crippen LogP contribution in [-0.4, -0.2) is 91.1 Å². The van der Waals surface area contributed by atoms with Crippen LogP contribution in [0.15, 0.2) is 48.9 Å². The number of hydrogen-bond donors (Lipinski definition) is 2. The van der Waals surface area contributed by atoms with Crippen LogP contribution in [0.2, 0.25) is 0 Å². The number of rotatable bonds is 5. The molecule has 0 amide bonds. The van der Waals surface area contributed by atoms with Crippen molar-refractivity contribution < 1.29 is 33.6 Å². The highest BCUT2D eigenvalue weighted by Crippen LogP contribution is 1.88. The summed E-state index contributed by atoms with van der Waals surface area (Å²) in [6, 6.07) is 0. The minimum absolute atomic E-state index is 0.611. The maximum absolute atomic E-state index is 9.78. The van der Waals surface area contributed by atoms with Gasteiger partial charge in [-0.25, -0.2) is 12.6 Å². The molecular formula is C28H68N2O8S4. The molecular weight excluding hydrogens is 621 g/mol. The second-order valence-electron chi connectivity index (χ2n) is 8.61. The van der Waals surface area contributed by atoms with Crippen LogP contribution in [0.1, 0.15) is 68.2 Å². The van der Waals surface area contributed by atoms with Crippen LogP contribution in [0.3, 0.4) is 0 Å². The molecule has 0 aromatic heterocycles. The maximum atomic E-state index is 9.78. The van der Waals surface area contributed by atoms with E-state index in [1.807, 2.05) is 48.7 Å². The average Bonchev–Trinajstić information content (AvgIpc) is 2.78. The Hall–Kier alpha value is -1.32. The van der Waals surface area contributed by atoms with Crippen molar-refractivity contribution in [2.45, 2.75) is 68.2 Å². The monoisotopic (exact) mass is 688 g/mol. The van der Waals surface area contributed by atoms with Crippen molar-refractivity contribution >= 4 is 41.8 Å². The molecule has 1 atom stereocenters. The zero-order valence-corrected chi connectivity index (χ0v) is 33.4. The smallest absolute Gasteiger partial charge is 0.264 e. The fourth-order valence-corrected chi connectivity index (χ4v) is 0. The van der Waals surface area contributed by atoms with Crippen LogP contribution in [0, 0.1) is 0 Å². The lowest BCUT2D eigenvalue weighted by Crippen LogP contribution is -1.98. The van der Waals surface area contributed by atoms with Gasteiger partial charge in [0.2, 0.25) is 0 Å². The molecule has 14 heteroatoms. The molecule has 1 unspecified atom stereocenters. The fraction of sp³-hybridized carbons (Fsp3) is 0.714. The van der Waals surface area contributed by atoms with Crippen molar-refractivity contribution in [3.05, 3.63) is 48.9 Å². The minimum atomic E-state index is -3.16. The van der Waals surface area contributed by atoms with E-state index in [-0.39, 0.29) is 0 Å². The standard InChI is InChI=1S/C5H10.2C4H9N.C4H8.C3H8.C2H6O3S.2C2H6O2S.C2H6OS/c1-4-5(2)3;2*1-4(2)5-3;1-4(2)3;1-3-2;1-5-6(2,3)4;1-5(2,3)4;1-4-5(2)3;1-4(2)3/h2,4H2,1,3H3;2*5H,1H2,2-3H3;1H2,2-3H3;3H2,1-2H3;1-2H3;2*1-2H3;1-2H3. The first-order chi connectivity index (χ1) is 18.5. The van der Waals surface area contributed by atoms with Crippen LogP contribution in [0.4, 0.5) is 0 Å². The van der Waals surface area contributed by atoms with Gasteiger partial charge in [-0.1, -0.05) is 51.5 Å². The number of sulfone groups is 1.